The maximum Gasteiger partial charge on any atom is 0.255 e. The molecule has 0 aliphatic heterocycles. The molecule has 2 aromatic carbocycles. The average Bonchev–Trinajstić information content (AvgIpc) is 3.16. The van der Waals surface area contributed by atoms with Crippen LogP contribution in [-0.2, 0) is 16.6 Å². The fourth-order valence-corrected chi connectivity index (χ4v) is 4.20. The first-order valence-electron chi connectivity index (χ1n) is 7.64. The van der Waals surface area contributed by atoms with Crippen LogP contribution in [0.4, 0.5) is 5.69 Å². The highest BCUT2D eigenvalue weighted by Gasteiger charge is 2.17. The van der Waals surface area contributed by atoms with E-state index in [4.69, 9.17) is 11.6 Å². The molecule has 0 saturated carbocycles. The highest BCUT2D eigenvalue weighted by Crippen LogP contribution is 2.22. The Morgan fingerprint density at radius 1 is 1.04 bits per heavy atom. The second-order valence-corrected chi connectivity index (χ2v) is 8.57. The lowest BCUT2D eigenvalue weighted by molar-refractivity contribution is 0.102. The SMILES string of the molecule is O=C(Nc1ccccc1Cl)c1cccc(S(=O)(=O)NCc2cccs2)c1. The zero-order chi connectivity index (χ0) is 18.6. The van der Waals surface area contributed by atoms with E-state index in [2.05, 4.69) is 10.0 Å². The normalized spacial score (nSPS) is 11.3. The third kappa shape index (κ3) is 4.50. The van der Waals surface area contributed by atoms with Gasteiger partial charge in [0.25, 0.3) is 5.91 Å². The molecule has 8 heteroatoms. The van der Waals surface area contributed by atoms with Gasteiger partial charge in [0, 0.05) is 17.0 Å². The number of halogens is 1. The topological polar surface area (TPSA) is 75.3 Å². The van der Waals surface area contributed by atoms with Gasteiger partial charge in [-0.2, -0.15) is 0 Å². The predicted octanol–water partition coefficient (Wildman–Crippen LogP) is 4.13. The van der Waals surface area contributed by atoms with E-state index < -0.39 is 15.9 Å². The van der Waals surface area contributed by atoms with Crippen molar-refractivity contribution in [3.63, 3.8) is 0 Å². The molecule has 0 spiro atoms. The zero-order valence-electron chi connectivity index (χ0n) is 13.5. The van der Waals surface area contributed by atoms with Crippen LogP contribution in [0.15, 0.2) is 70.9 Å². The summed E-state index contributed by atoms with van der Waals surface area (Å²) in [5.74, 6) is -0.437. The lowest BCUT2D eigenvalue weighted by atomic mass is 10.2. The summed E-state index contributed by atoms with van der Waals surface area (Å²) in [6, 6.07) is 16.4. The molecule has 0 fully saturated rings. The number of nitrogens with one attached hydrogen (secondary N) is 2. The van der Waals surface area contributed by atoms with Gasteiger partial charge >= 0.3 is 0 Å². The van der Waals surface area contributed by atoms with Gasteiger partial charge in [-0.15, -0.1) is 11.3 Å². The van der Waals surface area contributed by atoms with Gasteiger partial charge in [0.2, 0.25) is 10.0 Å². The molecule has 1 amide bonds. The molecule has 0 aliphatic carbocycles. The summed E-state index contributed by atoms with van der Waals surface area (Å²) in [6.45, 7) is 0.204. The second kappa shape index (κ2) is 8.01. The van der Waals surface area contributed by atoms with Crippen LogP contribution in [0.25, 0.3) is 0 Å². The molecule has 0 atom stereocenters. The van der Waals surface area contributed by atoms with Crippen molar-refractivity contribution >= 4 is 44.6 Å². The molecule has 0 aliphatic rings. The van der Waals surface area contributed by atoms with Gasteiger partial charge in [0.1, 0.15) is 0 Å². The van der Waals surface area contributed by atoms with Crippen molar-refractivity contribution in [2.45, 2.75) is 11.4 Å². The molecular formula is C18H15ClN2O3S2. The Morgan fingerprint density at radius 3 is 2.58 bits per heavy atom. The smallest absolute Gasteiger partial charge is 0.255 e. The molecular weight excluding hydrogens is 392 g/mol. The maximum atomic E-state index is 12.5. The van der Waals surface area contributed by atoms with E-state index in [9.17, 15) is 13.2 Å². The van der Waals surface area contributed by atoms with Crippen molar-refractivity contribution in [3.8, 4) is 0 Å². The minimum absolute atomic E-state index is 0.0286. The number of thiophene rings is 1. The molecule has 3 rings (SSSR count). The second-order valence-electron chi connectivity index (χ2n) is 5.37. The molecule has 134 valence electrons. The summed E-state index contributed by atoms with van der Waals surface area (Å²) in [7, 11) is -3.72. The van der Waals surface area contributed by atoms with Crippen molar-refractivity contribution in [2.75, 3.05) is 5.32 Å². The van der Waals surface area contributed by atoms with Crippen molar-refractivity contribution in [1.29, 1.82) is 0 Å². The number of amides is 1. The number of sulfonamides is 1. The molecule has 1 heterocycles. The van der Waals surface area contributed by atoms with E-state index in [-0.39, 0.29) is 17.0 Å². The quantitative estimate of drug-likeness (QED) is 0.646. The van der Waals surface area contributed by atoms with Crippen LogP contribution >= 0.6 is 22.9 Å². The Balaban J connectivity index is 1.76. The monoisotopic (exact) mass is 406 g/mol. The van der Waals surface area contributed by atoms with E-state index in [1.807, 2.05) is 17.5 Å². The minimum atomic E-state index is -3.72. The van der Waals surface area contributed by atoms with Crippen molar-refractivity contribution in [3.05, 3.63) is 81.5 Å². The molecule has 5 nitrogen and oxygen atoms in total. The lowest BCUT2D eigenvalue weighted by Gasteiger charge is -2.09. The van der Waals surface area contributed by atoms with Crippen LogP contribution in [-0.4, -0.2) is 14.3 Å². The summed E-state index contributed by atoms with van der Waals surface area (Å²) in [5, 5.41) is 4.96. The van der Waals surface area contributed by atoms with Gasteiger partial charge in [-0.3, -0.25) is 4.79 Å². The molecule has 1 aromatic heterocycles. The number of hydrogen-bond donors (Lipinski definition) is 2. The highest BCUT2D eigenvalue weighted by molar-refractivity contribution is 7.89. The fourth-order valence-electron chi connectivity index (χ4n) is 2.22. The first kappa shape index (κ1) is 18.6. The average molecular weight is 407 g/mol. The van der Waals surface area contributed by atoms with E-state index in [1.165, 1.54) is 29.5 Å². The number of para-hydroxylation sites is 1. The van der Waals surface area contributed by atoms with E-state index in [0.717, 1.165) is 4.88 Å². The Labute approximate surface area is 160 Å². The van der Waals surface area contributed by atoms with Crippen LogP contribution in [0.2, 0.25) is 5.02 Å². The van der Waals surface area contributed by atoms with Gasteiger partial charge < -0.3 is 5.32 Å². The van der Waals surface area contributed by atoms with Gasteiger partial charge in [0.05, 0.1) is 15.6 Å². The molecule has 0 bridgehead atoms. The highest BCUT2D eigenvalue weighted by atomic mass is 35.5. The number of carbonyl (C=O) groups is 1. The van der Waals surface area contributed by atoms with E-state index in [1.54, 1.807) is 30.3 Å². The van der Waals surface area contributed by atoms with Crippen LogP contribution in [0.1, 0.15) is 15.2 Å². The molecule has 26 heavy (non-hydrogen) atoms. The fraction of sp³-hybridized carbons (Fsp3) is 0.0556. The summed E-state index contributed by atoms with van der Waals surface area (Å²) in [6.07, 6.45) is 0. The number of rotatable bonds is 6. The predicted molar refractivity (Wildman–Crippen MR) is 104 cm³/mol. The van der Waals surface area contributed by atoms with Crippen LogP contribution in [0.3, 0.4) is 0 Å². The van der Waals surface area contributed by atoms with Gasteiger partial charge in [-0.05, 0) is 41.8 Å². The Hall–Kier alpha value is -2.19. The van der Waals surface area contributed by atoms with Gasteiger partial charge in [-0.1, -0.05) is 35.9 Å². The van der Waals surface area contributed by atoms with E-state index >= 15 is 0 Å². The Bertz CT molecular complexity index is 1020. The van der Waals surface area contributed by atoms with Crippen molar-refractivity contribution < 1.29 is 13.2 Å². The minimum Gasteiger partial charge on any atom is -0.321 e. The first-order chi connectivity index (χ1) is 12.5. The zero-order valence-corrected chi connectivity index (χ0v) is 15.9. The summed E-state index contributed by atoms with van der Waals surface area (Å²) < 4.78 is 27.4. The maximum absolute atomic E-state index is 12.5. The summed E-state index contributed by atoms with van der Waals surface area (Å²) in [4.78, 5) is 13.3. The van der Waals surface area contributed by atoms with Crippen LogP contribution < -0.4 is 10.0 Å². The number of carbonyl (C=O) groups excluding carboxylic acids is 1. The summed E-state index contributed by atoms with van der Waals surface area (Å²) >= 11 is 7.50. The van der Waals surface area contributed by atoms with Gasteiger partial charge in [0.15, 0.2) is 0 Å². The molecule has 3 aromatic rings. The molecule has 2 N–H and O–H groups in total. The van der Waals surface area contributed by atoms with Crippen LogP contribution in [0.5, 0.6) is 0 Å². The Kier molecular flexibility index (Phi) is 5.73. The third-order valence-corrected chi connectivity index (χ3v) is 6.15. The third-order valence-electron chi connectivity index (χ3n) is 3.55. The Morgan fingerprint density at radius 2 is 1.85 bits per heavy atom. The van der Waals surface area contributed by atoms with Crippen LogP contribution in [0, 0.1) is 0 Å². The summed E-state index contributed by atoms with van der Waals surface area (Å²) in [5.41, 5.74) is 0.687. The molecule has 0 radical (unpaired) electrons. The first-order valence-corrected chi connectivity index (χ1v) is 10.4. The van der Waals surface area contributed by atoms with E-state index in [0.29, 0.717) is 10.7 Å². The lowest BCUT2D eigenvalue weighted by Crippen LogP contribution is -2.23. The van der Waals surface area contributed by atoms with Gasteiger partial charge in [-0.25, -0.2) is 13.1 Å². The number of benzene rings is 2. The number of anilines is 1. The number of hydrogen-bond acceptors (Lipinski definition) is 4. The molecule has 0 unspecified atom stereocenters. The molecule has 0 saturated heterocycles. The largest absolute Gasteiger partial charge is 0.321 e. The van der Waals surface area contributed by atoms with Crippen molar-refractivity contribution in [2.24, 2.45) is 0 Å². The standard InChI is InChI=1S/C18H15ClN2O3S2/c19-16-8-1-2-9-17(16)21-18(22)13-5-3-7-15(11-13)26(23,24)20-12-14-6-4-10-25-14/h1-11,20H,12H2,(H,21,22). The van der Waals surface area contributed by atoms with Crippen molar-refractivity contribution in [1.82, 2.24) is 4.72 Å².